The predicted molar refractivity (Wildman–Crippen MR) is 145 cm³/mol. The van der Waals surface area contributed by atoms with Crippen LogP contribution in [-0.4, -0.2) is 70.1 Å². The normalized spacial score (nSPS) is 18.3. The molecule has 4 aromatic rings. The van der Waals surface area contributed by atoms with Crippen molar-refractivity contribution >= 4 is 39.1 Å². The topological polar surface area (TPSA) is 74.1 Å². The summed E-state index contributed by atoms with van der Waals surface area (Å²) >= 11 is 0. The molecule has 0 spiro atoms. The zero-order valence-corrected chi connectivity index (χ0v) is 20.4. The van der Waals surface area contributed by atoms with Crippen molar-refractivity contribution in [2.45, 2.75) is 0 Å². The minimum atomic E-state index is 0.00546. The van der Waals surface area contributed by atoms with E-state index in [-0.39, 0.29) is 11.6 Å². The Hall–Kier alpha value is -4.52. The van der Waals surface area contributed by atoms with E-state index in [0.717, 1.165) is 50.6 Å². The van der Waals surface area contributed by atoms with Crippen LogP contribution in [0.4, 0.5) is 5.69 Å². The number of nitrogen functional groups attached to an aromatic ring is 1. The van der Waals surface area contributed by atoms with Crippen molar-refractivity contribution < 1.29 is 9.59 Å². The molecule has 3 saturated heterocycles. The maximum atomic E-state index is 12.4. The van der Waals surface area contributed by atoms with Gasteiger partial charge in [0.05, 0.1) is 16.7 Å². The molecule has 4 aliphatic rings. The summed E-state index contributed by atoms with van der Waals surface area (Å²) in [6.07, 6.45) is 1.52. The summed E-state index contributed by atoms with van der Waals surface area (Å²) < 4.78 is 2.28. The molecule has 1 aliphatic carbocycles. The van der Waals surface area contributed by atoms with Crippen LogP contribution in [0.3, 0.4) is 0 Å². The van der Waals surface area contributed by atoms with Crippen molar-refractivity contribution in [3.8, 4) is 5.69 Å². The number of nitrogens with zero attached hydrogens (tertiary/aromatic N) is 4. The second-order valence-corrected chi connectivity index (χ2v) is 9.84. The van der Waals surface area contributed by atoms with Crippen LogP contribution >= 0.6 is 0 Å². The first-order valence-electron chi connectivity index (χ1n) is 12.7. The van der Waals surface area contributed by atoms with E-state index in [1.165, 1.54) is 27.9 Å². The number of hydrogen-bond donors (Lipinski definition) is 1. The lowest BCUT2D eigenvalue weighted by molar-refractivity contribution is -0.117. The number of anilines is 1. The molecule has 7 nitrogen and oxygen atoms in total. The number of fused-ring (bicyclic) bond motifs is 3. The highest BCUT2D eigenvalue weighted by molar-refractivity contribution is 6.22. The maximum absolute atomic E-state index is 12.4. The van der Waals surface area contributed by atoms with E-state index in [4.69, 9.17) is 5.73 Å². The van der Waals surface area contributed by atoms with Gasteiger partial charge in [-0.2, -0.15) is 0 Å². The van der Waals surface area contributed by atoms with E-state index in [1.807, 2.05) is 26.8 Å². The van der Waals surface area contributed by atoms with Crippen LogP contribution in [0.5, 0.6) is 0 Å². The molecule has 4 heterocycles. The molecule has 0 saturated carbocycles. The number of benzene rings is 3. The lowest BCUT2D eigenvalue weighted by Crippen LogP contribution is -2.29. The van der Waals surface area contributed by atoms with Gasteiger partial charge in [-0.05, 0) is 36.4 Å². The number of aromatic nitrogens is 1. The summed E-state index contributed by atoms with van der Waals surface area (Å²) in [7, 11) is 0. The van der Waals surface area contributed by atoms with E-state index in [9.17, 15) is 9.59 Å². The fourth-order valence-corrected chi connectivity index (χ4v) is 5.10. The Labute approximate surface area is 214 Å². The van der Waals surface area contributed by atoms with Gasteiger partial charge in [-0.25, -0.2) is 0 Å². The number of nitrogens with two attached hydrogens (primary N) is 1. The van der Waals surface area contributed by atoms with Crippen LogP contribution in [0.15, 0.2) is 96.0 Å². The van der Waals surface area contributed by atoms with Crippen molar-refractivity contribution in [2.75, 3.05) is 45.0 Å². The summed E-state index contributed by atoms with van der Waals surface area (Å²) in [5.74, 6) is 0.0485. The van der Waals surface area contributed by atoms with Crippen molar-refractivity contribution in [2.24, 2.45) is 0 Å². The largest absolute Gasteiger partial charge is 0.399 e. The van der Waals surface area contributed by atoms with E-state index < -0.39 is 0 Å². The Morgan fingerprint density at radius 3 is 1.65 bits per heavy atom. The number of para-hydroxylation sites is 2. The Balaban J connectivity index is 0.000000126. The second kappa shape index (κ2) is 8.27. The highest BCUT2D eigenvalue weighted by Gasteiger charge is 2.43. The minimum absolute atomic E-state index is 0.00546. The van der Waals surface area contributed by atoms with Gasteiger partial charge in [0.2, 0.25) is 11.6 Å². The third-order valence-corrected chi connectivity index (χ3v) is 7.22. The van der Waals surface area contributed by atoms with Crippen LogP contribution in [0.1, 0.15) is 0 Å². The molecule has 0 atom stereocenters. The van der Waals surface area contributed by atoms with Crippen molar-refractivity contribution in [3.63, 3.8) is 0 Å². The molecular formula is C30H27N5O2. The summed E-state index contributed by atoms with van der Waals surface area (Å²) in [4.78, 5) is 30.5. The molecule has 7 heteroatoms. The monoisotopic (exact) mass is 489 g/mol. The Morgan fingerprint density at radius 2 is 1.11 bits per heavy atom. The van der Waals surface area contributed by atoms with E-state index in [1.54, 1.807) is 0 Å². The number of Topliss-reactive ketones (excluding diaryl/α,β-unsaturated/α-hetero) is 1. The van der Waals surface area contributed by atoms with E-state index in [0.29, 0.717) is 17.1 Å². The standard InChI is InChI=1S/C18H14N2.C12H13N3O2/c19-13-9-11-14(12-10-13)20-17-7-3-1-5-15(17)16-6-2-4-8-18(16)20;16-9-7-8(13-1-2-13)12(17)11(15-5-6-15)10(9)14-3-4-14/h1-12H,19H2;7H,1-6H2. The number of hydrogen-bond acceptors (Lipinski definition) is 6. The fourth-order valence-electron chi connectivity index (χ4n) is 5.10. The van der Waals surface area contributed by atoms with Crippen molar-refractivity contribution in [3.05, 3.63) is 96.0 Å². The molecule has 8 rings (SSSR count). The highest BCUT2D eigenvalue weighted by atomic mass is 16.1. The van der Waals surface area contributed by atoms with E-state index in [2.05, 4.69) is 65.2 Å². The lowest BCUT2D eigenvalue weighted by atomic mass is 10.0. The van der Waals surface area contributed by atoms with Gasteiger partial charge >= 0.3 is 0 Å². The average molecular weight is 490 g/mol. The van der Waals surface area contributed by atoms with Gasteiger partial charge in [-0.1, -0.05) is 36.4 Å². The molecule has 0 amide bonds. The van der Waals surface area contributed by atoms with Gasteiger partial charge in [0, 0.05) is 67.5 Å². The van der Waals surface area contributed by atoms with Crippen LogP contribution in [0.25, 0.3) is 27.5 Å². The van der Waals surface area contributed by atoms with Gasteiger partial charge in [0.1, 0.15) is 11.4 Å². The number of ketones is 2. The van der Waals surface area contributed by atoms with Crippen LogP contribution in [-0.2, 0) is 9.59 Å². The predicted octanol–water partition coefficient (Wildman–Crippen LogP) is 3.55. The van der Waals surface area contributed by atoms with Gasteiger partial charge in [0.15, 0.2) is 0 Å². The summed E-state index contributed by atoms with van der Waals surface area (Å²) in [6.45, 7) is 5.41. The van der Waals surface area contributed by atoms with Gasteiger partial charge in [0.25, 0.3) is 0 Å². The first-order chi connectivity index (χ1) is 18.1. The number of carbonyl (C=O) groups is 2. The first-order valence-corrected chi connectivity index (χ1v) is 12.7. The van der Waals surface area contributed by atoms with Crippen LogP contribution < -0.4 is 5.73 Å². The van der Waals surface area contributed by atoms with Gasteiger partial charge in [-0.3, -0.25) is 9.59 Å². The molecule has 2 N–H and O–H groups in total. The molecule has 3 aromatic carbocycles. The van der Waals surface area contributed by atoms with Gasteiger partial charge < -0.3 is 25.0 Å². The third-order valence-electron chi connectivity index (χ3n) is 7.22. The Bertz CT molecular complexity index is 1580. The summed E-state index contributed by atoms with van der Waals surface area (Å²) in [5, 5.41) is 2.56. The first kappa shape index (κ1) is 21.7. The van der Waals surface area contributed by atoms with Crippen LogP contribution in [0, 0.1) is 0 Å². The SMILES string of the molecule is Nc1ccc(-n2c3ccccc3c3ccccc32)cc1.O=C1C=C(N2CC2)C(=O)C(N2CC2)=C1N1CC1. The zero-order chi connectivity index (χ0) is 25.1. The molecule has 184 valence electrons. The van der Waals surface area contributed by atoms with Crippen LogP contribution in [0.2, 0.25) is 0 Å². The highest BCUT2D eigenvalue weighted by Crippen LogP contribution is 2.34. The second-order valence-electron chi connectivity index (χ2n) is 9.84. The van der Waals surface area contributed by atoms with Gasteiger partial charge in [-0.15, -0.1) is 0 Å². The Kier molecular flexibility index (Phi) is 4.86. The Morgan fingerprint density at radius 1 is 0.595 bits per heavy atom. The molecule has 0 radical (unpaired) electrons. The molecular weight excluding hydrogens is 462 g/mol. The van der Waals surface area contributed by atoms with Crippen molar-refractivity contribution in [1.82, 2.24) is 19.3 Å². The molecule has 3 aliphatic heterocycles. The molecule has 1 aromatic heterocycles. The van der Waals surface area contributed by atoms with E-state index >= 15 is 0 Å². The minimum Gasteiger partial charge on any atom is -0.399 e. The fraction of sp³-hybridized carbons (Fsp3) is 0.200. The maximum Gasteiger partial charge on any atom is 0.227 e. The lowest BCUT2D eigenvalue weighted by Gasteiger charge is -2.21. The smallest absolute Gasteiger partial charge is 0.227 e. The quantitative estimate of drug-likeness (QED) is 0.269. The average Bonchev–Trinajstić information content (AvgIpc) is 3.76. The number of allylic oxidation sites excluding steroid dienone is 1. The zero-order valence-electron chi connectivity index (χ0n) is 20.4. The summed E-state index contributed by atoms with van der Waals surface area (Å²) in [5.41, 5.74) is 12.0. The molecule has 0 bridgehead atoms. The molecule has 37 heavy (non-hydrogen) atoms. The van der Waals surface area contributed by atoms with Crippen molar-refractivity contribution in [1.29, 1.82) is 0 Å². The molecule has 0 unspecified atom stereocenters. The number of carbonyl (C=O) groups excluding carboxylic acids is 2. The number of rotatable bonds is 4. The summed E-state index contributed by atoms with van der Waals surface area (Å²) in [6, 6.07) is 25.0. The molecule has 3 fully saturated rings. The third kappa shape index (κ3) is 3.83.